The van der Waals surface area contributed by atoms with Crippen LogP contribution in [0.2, 0.25) is 0 Å². The summed E-state index contributed by atoms with van der Waals surface area (Å²) in [4.78, 5) is 14.3. The first-order chi connectivity index (χ1) is 11.4. The van der Waals surface area contributed by atoms with Gasteiger partial charge in [-0.3, -0.25) is 9.69 Å². The molecule has 10 heteroatoms. The van der Waals surface area contributed by atoms with Crippen LogP contribution in [0.1, 0.15) is 15.9 Å². The lowest BCUT2D eigenvalue weighted by Gasteiger charge is -2.27. The third kappa shape index (κ3) is 6.85. The molecule has 0 atom stereocenters. The van der Waals surface area contributed by atoms with Crippen molar-refractivity contribution < 1.29 is 22.0 Å². The first kappa shape index (κ1) is 21.8. The molecule has 0 bridgehead atoms. The van der Waals surface area contributed by atoms with Crippen molar-refractivity contribution in [1.29, 1.82) is 0 Å². The van der Waals surface area contributed by atoms with Gasteiger partial charge in [-0.15, -0.1) is 12.4 Å². The summed E-state index contributed by atoms with van der Waals surface area (Å²) in [6, 6.07) is 5.64. The number of nitrogens with zero attached hydrogens (tertiary/aromatic N) is 1. The number of alkyl halides is 2. The van der Waals surface area contributed by atoms with Crippen molar-refractivity contribution >= 4 is 28.2 Å². The average molecular weight is 398 g/mol. The van der Waals surface area contributed by atoms with Crippen LogP contribution >= 0.6 is 12.4 Å². The number of sulfone groups is 1. The topological polar surface area (TPSA) is 78.5 Å². The van der Waals surface area contributed by atoms with Gasteiger partial charge in [-0.25, -0.2) is 8.42 Å². The molecule has 0 aromatic heterocycles. The Morgan fingerprint density at radius 1 is 1.20 bits per heavy atom. The van der Waals surface area contributed by atoms with Crippen molar-refractivity contribution in [2.45, 2.75) is 11.5 Å². The van der Waals surface area contributed by atoms with Crippen LogP contribution in [0, 0.1) is 0 Å². The molecule has 1 fully saturated rings. The molecular formula is C15H22ClF2N3O3S. The Morgan fingerprint density at radius 2 is 1.80 bits per heavy atom. The Balaban J connectivity index is 0.00000312. The molecule has 1 aromatic carbocycles. The molecule has 2 N–H and O–H groups in total. The van der Waals surface area contributed by atoms with Crippen LogP contribution in [0.15, 0.2) is 24.3 Å². The fourth-order valence-corrected chi connectivity index (χ4v) is 3.20. The van der Waals surface area contributed by atoms with E-state index in [0.717, 1.165) is 32.7 Å². The number of carbonyl (C=O) groups excluding carboxylic acids is 1. The first-order valence-corrected chi connectivity index (χ1v) is 9.40. The number of nitrogens with one attached hydrogen (secondary N) is 2. The molecule has 0 spiro atoms. The summed E-state index contributed by atoms with van der Waals surface area (Å²) in [6.45, 7) is 5.05. The van der Waals surface area contributed by atoms with Gasteiger partial charge in [0.25, 0.3) is 5.91 Å². The predicted octanol–water partition coefficient (Wildman–Crippen LogP) is 0.881. The summed E-state index contributed by atoms with van der Waals surface area (Å²) in [7, 11) is -4.46. The van der Waals surface area contributed by atoms with Crippen molar-refractivity contribution in [2.24, 2.45) is 0 Å². The van der Waals surface area contributed by atoms with E-state index in [1.807, 2.05) is 0 Å². The van der Waals surface area contributed by atoms with Gasteiger partial charge in [0.15, 0.2) is 0 Å². The zero-order chi connectivity index (χ0) is 17.6. The minimum Gasteiger partial charge on any atom is -0.351 e. The van der Waals surface area contributed by atoms with Crippen molar-refractivity contribution in [3.05, 3.63) is 35.4 Å². The van der Waals surface area contributed by atoms with Crippen molar-refractivity contribution in [2.75, 3.05) is 39.3 Å². The molecule has 1 aromatic rings. The third-order valence-electron chi connectivity index (χ3n) is 3.78. The van der Waals surface area contributed by atoms with Crippen LogP contribution in [0.4, 0.5) is 8.78 Å². The van der Waals surface area contributed by atoms with Crippen molar-refractivity contribution in [3.8, 4) is 0 Å². The molecule has 0 saturated carbocycles. The molecule has 142 valence electrons. The minimum atomic E-state index is -4.46. The fraction of sp³-hybridized carbons (Fsp3) is 0.533. The van der Waals surface area contributed by atoms with Crippen molar-refractivity contribution in [3.63, 3.8) is 0 Å². The van der Waals surface area contributed by atoms with E-state index < -0.39 is 21.3 Å². The van der Waals surface area contributed by atoms with Crippen LogP contribution in [0.25, 0.3) is 0 Å². The van der Waals surface area contributed by atoms with Crippen LogP contribution < -0.4 is 10.6 Å². The highest BCUT2D eigenvalue weighted by Crippen LogP contribution is 2.14. The number of amides is 1. The Kier molecular flexibility index (Phi) is 8.70. The van der Waals surface area contributed by atoms with Crippen LogP contribution in [-0.2, 0) is 15.6 Å². The third-order valence-corrected chi connectivity index (χ3v) is 5.06. The quantitative estimate of drug-likeness (QED) is 0.714. The maximum Gasteiger partial charge on any atom is 0.337 e. The second-order valence-electron chi connectivity index (χ2n) is 5.61. The molecule has 0 unspecified atom stereocenters. The van der Waals surface area contributed by atoms with Crippen LogP contribution in [-0.4, -0.2) is 64.3 Å². The SMILES string of the molecule is Cl.O=C(NCCN1CCNCC1)c1ccc(CS(=O)(=O)C(F)F)cc1. The molecule has 2 rings (SSSR count). The standard InChI is InChI=1S/C15H21F2N3O3S.ClH/c16-15(17)24(22,23)11-12-1-3-13(4-2-12)14(21)19-7-10-20-8-5-18-6-9-20;/h1-4,15,18H,5-11H2,(H,19,21);1H. The van der Waals surface area contributed by atoms with Gasteiger partial charge < -0.3 is 10.6 Å². The lowest BCUT2D eigenvalue weighted by Crippen LogP contribution is -2.46. The van der Waals surface area contributed by atoms with E-state index >= 15 is 0 Å². The highest BCUT2D eigenvalue weighted by atomic mass is 35.5. The molecule has 0 aliphatic carbocycles. The summed E-state index contributed by atoms with van der Waals surface area (Å²) in [5.74, 6) is -4.41. The molecule has 1 amide bonds. The predicted molar refractivity (Wildman–Crippen MR) is 94.0 cm³/mol. The maximum atomic E-state index is 12.3. The van der Waals surface area contributed by atoms with Gasteiger partial charge in [-0.05, 0) is 17.7 Å². The molecule has 1 aliphatic rings. The first-order valence-electron chi connectivity index (χ1n) is 7.68. The number of benzene rings is 1. The average Bonchev–Trinajstić information content (AvgIpc) is 2.56. The molecule has 25 heavy (non-hydrogen) atoms. The van der Waals surface area contributed by atoms with E-state index in [9.17, 15) is 22.0 Å². The summed E-state index contributed by atoms with van der Waals surface area (Å²) in [6.07, 6.45) is 0. The largest absolute Gasteiger partial charge is 0.351 e. The number of hydrogen-bond acceptors (Lipinski definition) is 5. The van der Waals surface area contributed by atoms with Gasteiger partial charge in [0.05, 0.1) is 5.75 Å². The minimum absolute atomic E-state index is 0. The number of piperazine rings is 1. The second kappa shape index (κ2) is 10.0. The van der Waals surface area contributed by atoms with E-state index in [4.69, 9.17) is 0 Å². The highest BCUT2D eigenvalue weighted by molar-refractivity contribution is 7.90. The van der Waals surface area contributed by atoms with Gasteiger partial charge >= 0.3 is 5.76 Å². The van der Waals surface area contributed by atoms with Gasteiger partial charge in [-0.1, -0.05) is 12.1 Å². The lowest BCUT2D eigenvalue weighted by atomic mass is 10.1. The fourth-order valence-electron chi connectivity index (χ4n) is 2.41. The van der Waals surface area contributed by atoms with Crippen LogP contribution in [0.5, 0.6) is 0 Å². The molecular weight excluding hydrogens is 376 g/mol. The zero-order valence-electron chi connectivity index (χ0n) is 13.6. The zero-order valence-corrected chi connectivity index (χ0v) is 15.2. The number of rotatable bonds is 7. The van der Waals surface area contributed by atoms with Gasteiger partial charge in [0.2, 0.25) is 9.84 Å². The normalized spacial score (nSPS) is 15.6. The Bertz CT molecular complexity index is 650. The molecule has 6 nitrogen and oxygen atoms in total. The van der Waals surface area contributed by atoms with Gasteiger partial charge in [-0.2, -0.15) is 8.78 Å². The molecule has 0 radical (unpaired) electrons. The monoisotopic (exact) mass is 397 g/mol. The maximum absolute atomic E-state index is 12.3. The number of hydrogen-bond donors (Lipinski definition) is 2. The van der Waals surface area contributed by atoms with E-state index in [1.165, 1.54) is 24.3 Å². The molecule has 1 heterocycles. The Hall–Kier alpha value is -1.29. The molecule has 1 saturated heterocycles. The van der Waals surface area contributed by atoms with Gasteiger partial charge in [0.1, 0.15) is 0 Å². The van der Waals surface area contributed by atoms with Gasteiger partial charge in [0, 0.05) is 44.8 Å². The summed E-state index contributed by atoms with van der Waals surface area (Å²) >= 11 is 0. The smallest absolute Gasteiger partial charge is 0.337 e. The summed E-state index contributed by atoms with van der Waals surface area (Å²) < 4.78 is 47.0. The Labute approximate surface area is 152 Å². The van der Waals surface area contributed by atoms with Crippen molar-refractivity contribution in [1.82, 2.24) is 15.5 Å². The highest BCUT2D eigenvalue weighted by Gasteiger charge is 2.24. The molecule has 1 aliphatic heterocycles. The van der Waals surface area contributed by atoms with Crippen LogP contribution in [0.3, 0.4) is 0 Å². The lowest BCUT2D eigenvalue weighted by molar-refractivity contribution is 0.0947. The van der Waals surface area contributed by atoms with E-state index in [1.54, 1.807) is 0 Å². The number of carbonyl (C=O) groups is 1. The Morgan fingerprint density at radius 3 is 2.36 bits per heavy atom. The van der Waals surface area contributed by atoms with E-state index in [0.29, 0.717) is 12.1 Å². The van der Waals surface area contributed by atoms with E-state index in [2.05, 4.69) is 15.5 Å². The second-order valence-corrected chi connectivity index (χ2v) is 7.58. The summed E-state index contributed by atoms with van der Waals surface area (Å²) in [5, 5.41) is 6.04. The number of halogens is 3. The van der Waals surface area contributed by atoms with E-state index in [-0.39, 0.29) is 23.9 Å². The summed E-state index contributed by atoms with van der Waals surface area (Å²) in [5.41, 5.74) is 0.598.